The molecular weight excluding hydrogens is 218 g/mol. The molecular formula is C12H17N3O2. The van der Waals surface area contributed by atoms with Gasteiger partial charge in [-0.3, -0.25) is 9.78 Å². The van der Waals surface area contributed by atoms with Gasteiger partial charge >= 0.3 is 0 Å². The molecule has 1 saturated heterocycles. The third-order valence-electron chi connectivity index (χ3n) is 2.97. The van der Waals surface area contributed by atoms with Crippen molar-refractivity contribution in [2.45, 2.75) is 18.9 Å². The molecule has 1 atom stereocenters. The Morgan fingerprint density at radius 3 is 3.06 bits per heavy atom. The summed E-state index contributed by atoms with van der Waals surface area (Å²) in [6.07, 6.45) is 4.10. The van der Waals surface area contributed by atoms with Crippen LogP contribution in [0, 0.1) is 0 Å². The number of hydrogen-bond acceptors (Lipinski definition) is 4. The van der Waals surface area contributed by atoms with Gasteiger partial charge in [0.25, 0.3) is 5.91 Å². The van der Waals surface area contributed by atoms with E-state index in [0.717, 1.165) is 12.1 Å². The van der Waals surface area contributed by atoms with Crippen molar-refractivity contribution in [2.75, 3.05) is 25.6 Å². The lowest BCUT2D eigenvalue weighted by atomic mass is 10.0. The molecule has 1 unspecified atom stereocenters. The average Bonchev–Trinajstić information content (AvgIpc) is 2.75. The molecule has 2 heterocycles. The van der Waals surface area contributed by atoms with Gasteiger partial charge in [0.15, 0.2) is 0 Å². The van der Waals surface area contributed by atoms with Crippen molar-refractivity contribution in [2.24, 2.45) is 0 Å². The van der Waals surface area contributed by atoms with E-state index in [0.29, 0.717) is 18.8 Å². The molecule has 5 nitrogen and oxygen atoms in total. The van der Waals surface area contributed by atoms with Gasteiger partial charge in [0.1, 0.15) is 0 Å². The average molecular weight is 235 g/mol. The molecule has 92 valence electrons. The number of pyridine rings is 1. The zero-order valence-electron chi connectivity index (χ0n) is 10.1. The summed E-state index contributed by atoms with van der Waals surface area (Å²) in [4.78, 5) is 16.1. The van der Waals surface area contributed by atoms with Crippen LogP contribution in [0.3, 0.4) is 0 Å². The maximum Gasteiger partial charge on any atom is 0.253 e. The van der Waals surface area contributed by atoms with Crippen LogP contribution in [0.2, 0.25) is 0 Å². The van der Waals surface area contributed by atoms with Crippen molar-refractivity contribution in [3.8, 4) is 0 Å². The van der Waals surface area contributed by atoms with Crippen molar-refractivity contribution in [3.05, 3.63) is 24.0 Å². The Bertz CT molecular complexity index is 414. The Hall–Kier alpha value is -1.62. The standard InChI is InChI=1S/C12H17N3O2/c1-12(4-6-17-8-12)15-11(16)9-3-5-14-7-10(9)13-2/h3,5,7,13H,4,6,8H2,1-2H3,(H,15,16). The van der Waals surface area contributed by atoms with Gasteiger partial charge in [0, 0.05) is 19.9 Å². The quantitative estimate of drug-likeness (QED) is 0.821. The first-order valence-electron chi connectivity index (χ1n) is 5.67. The van der Waals surface area contributed by atoms with Crippen LogP contribution in [0.15, 0.2) is 18.5 Å². The molecule has 0 aromatic carbocycles. The van der Waals surface area contributed by atoms with Gasteiger partial charge in [-0.05, 0) is 19.4 Å². The maximum atomic E-state index is 12.2. The van der Waals surface area contributed by atoms with E-state index in [-0.39, 0.29) is 11.4 Å². The molecule has 2 N–H and O–H groups in total. The summed E-state index contributed by atoms with van der Waals surface area (Å²) in [5, 5.41) is 5.97. The second kappa shape index (κ2) is 4.71. The van der Waals surface area contributed by atoms with E-state index < -0.39 is 0 Å². The first kappa shape index (κ1) is 11.9. The highest BCUT2D eigenvalue weighted by molar-refractivity contribution is 5.99. The zero-order valence-corrected chi connectivity index (χ0v) is 10.1. The van der Waals surface area contributed by atoms with Crippen LogP contribution >= 0.6 is 0 Å². The molecule has 17 heavy (non-hydrogen) atoms. The number of aromatic nitrogens is 1. The predicted octanol–water partition coefficient (Wildman–Crippen LogP) is 1.03. The Balaban J connectivity index is 2.14. The first-order chi connectivity index (χ1) is 8.14. The predicted molar refractivity (Wildman–Crippen MR) is 65.1 cm³/mol. The van der Waals surface area contributed by atoms with Crippen molar-refractivity contribution in [3.63, 3.8) is 0 Å². The molecule has 0 bridgehead atoms. The number of nitrogens with zero attached hydrogens (tertiary/aromatic N) is 1. The van der Waals surface area contributed by atoms with Gasteiger partial charge in [0.2, 0.25) is 0 Å². The molecule has 0 aliphatic carbocycles. The SMILES string of the molecule is CNc1cnccc1C(=O)NC1(C)CCOC1. The number of rotatable bonds is 3. The fourth-order valence-electron chi connectivity index (χ4n) is 1.90. The zero-order chi connectivity index (χ0) is 12.3. The summed E-state index contributed by atoms with van der Waals surface area (Å²) >= 11 is 0. The fraction of sp³-hybridized carbons (Fsp3) is 0.500. The van der Waals surface area contributed by atoms with Gasteiger partial charge in [-0.2, -0.15) is 0 Å². The first-order valence-corrected chi connectivity index (χ1v) is 5.67. The summed E-state index contributed by atoms with van der Waals surface area (Å²) in [5.74, 6) is -0.0928. The summed E-state index contributed by atoms with van der Waals surface area (Å²) in [7, 11) is 1.77. The molecule has 5 heteroatoms. The molecule has 1 aliphatic heterocycles. The molecule has 0 saturated carbocycles. The highest BCUT2D eigenvalue weighted by Crippen LogP contribution is 2.20. The number of ether oxygens (including phenoxy) is 1. The molecule has 1 fully saturated rings. The second-order valence-corrected chi connectivity index (χ2v) is 4.49. The summed E-state index contributed by atoms with van der Waals surface area (Å²) in [6, 6.07) is 1.71. The van der Waals surface area contributed by atoms with E-state index in [4.69, 9.17) is 4.74 Å². The number of anilines is 1. The Morgan fingerprint density at radius 2 is 2.41 bits per heavy atom. The summed E-state index contributed by atoms with van der Waals surface area (Å²) < 4.78 is 5.31. The van der Waals surface area contributed by atoms with E-state index in [2.05, 4.69) is 15.6 Å². The van der Waals surface area contributed by atoms with Crippen molar-refractivity contribution >= 4 is 11.6 Å². The second-order valence-electron chi connectivity index (χ2n) is 4.49. The third kappa shape index (κ3) is 2.55. The monoisotopic (exact) mass is 235 g/mol. The van der Waals surface area contributed by atoms with Crippen LogP contribution in [0.5, 0.6) is 0 Å². The Labute approximate surface area is 101 Å². The third-order valence-corrected chi connectivity index (χ3v) is 2.97. The van der Waals surface area contributed by atoms with Gasteiger partial charge in [-0.1, -0.05) is 0 Å². The summed E-state index contributed by atoms with van der Waals surface area (Å²) in [5.41, 5.74) is 1.08. The van der Waals surface area contributed by atoms with E-state index in [1.165, 1.54) is 0 Å². The van der Waals surface area contributed by atoms with Crippen LogP contribution in [0.4, 0.5) is 5.69 Å². The Morgan fingerprint density at radius 1 is 1.59 bits per heavy atom. The minimum absolute atomic E-state index is 0.0928. The topological polar surface area (TPSA) is 63.2 Å². The van der Waals surface area contributed by atoms with Crippen LogP contribution < -0.4 is 10.6 Å². The highest BCUT2D eigenvalue weighted by Gasteiger charge is 2.31. The van der Waals surface area contributed by atoms with Crippen LogP contribution in [-0.4, -0.2) is 36.7 Å². The van der Waals surface area contributed by atoms with E-state index in [9.17, 15) is 4.79 Å². The number of amides is 1. The Kier molecular flexibility index (Phi) is 3.28. The number of carbonyl (C=O) groups excluding carboxylic acids is 1. The van der Waals surface area contributed by atoms with E-state index >= 15 is 0 Å². The number of carbonyl (C=O) groups is 1. The van der Waals surface area contributed by atoms with Gasteiger partial charge in [-0.15, -0.1) is 0 Å². The van der Waals surface area contributed by atoms with Gasteiger partial charge in [0.05, 0.1) is 29.6 Å². The minimum atomic E-state index is -0.259. The van der Waals surface area contributed by atoms with Crippen LogP contribution in [0.1, 0.15) is 23.7 Å². The largest absolute Gasteiger partial charge is 0.386 e. The van der Waals surface area contributed by atoms with Crippen molar-refractivity contribution < 1.29 is 9.53 Å². The number of hydrogen-bond donors (Lipinski definition) is 2. The number of nitrogens with one attached hydrogen (secondary N) is 2. The van der Waals surface area contributed by atoms with E-state index in [1.54, 1.807) is 25.5 Å². The van der Waals surface area contributed by atoms with E-state index in [1.807, 2.05) is 6.92 Å². The molecule has 0 spiro atoms. The lowest BCUT2D eigenvalue weighted by Gasteiger charge is -2.24. The molecule has 1 aromatic heterocycles. The van der Waals surface area contributed by atoms with Crippen LogP contribution in [0.25, 0.3) is 0 Å². The molecule has 1 amide bonds. The molecule has 2 rings (SSSR count). The molecule has 1 aromatic rings. The highest BCUT2D eigenvalue weighted by atomic mass is 16.5. The lowest BCUT2D eigenvalue weighted by Crippen LogP contribution is -2.46. The normalized spacial score (nSPS) is 23.4. The summed E-state index contributed by atoms with van der Waals surface area (Å²) in [6.45, 7) is 3.27. The molecule has 1 aliphatic rings. The lowest BCUT2D eigenvalue weighted by molar-refractivity contribution is 0.0890. The van der Waals surface area contributed by atoms with Gasteiger partial charge < -0.3 is 15.4 Å². The maximum absolute atomic E-state index is 12.2. The molecule has 0 radical (unpaired) electrons. The van der Waals surface area contributed by atoms with Crippen molar-refractivity contribution in [1.82, 2.24) is 10.3 Å². The minimum Gasteiger partial charge on any atom is -0.386 e. The van der Waals surface area contributed by atoms with Gasteiger partial charge in [-0.25, -0.2) is 0 Å². The smallest absolute Gasteiger partial charge is 0.253 e. The van der Waals surface area contributed by atoms with Crippen molar-refractivity contribution in [1.29, 1.82) is 0 Å². The van der Waals surface area contributed by atoms with Crippen LogP contribution in [-0.2, 0) is 4.74 Å². The fourth-order valence-corrected chi connectivity index (χ4v) is 1.90.